The van der Waals surface area contributed by atoms with Crippen molar-refractivity contribution < 1.29 is 67.0 Å². The summed E-state index contributed by atoms with van der Waals surface area (Å²) in [4.78, 5) is 0. The summed E-state index contributed by atoms with van der Waals surface area (Å²) in [7, 11) is 0. The van der Waals surface area contributed by atoms with E-state index in [0.29, 0.717) is 0 Å². The smallest absolute Gasteiger partial charge is 1.00 e. The van der Waals surface area contributed by atoms with Crippen LogP contribution >= 0.6 is 0 Å². The van der Waals surface area contributed by atoms with E-state index in [1.54, 1.807) is 0 Å². The van der Waals surface area contributed by atoms with Crippen LogP contribution in [0.4, 0.5) is 0 Å². The second kappa shape index (κ2) is 43.8. The number of hydrogen-bond acceptors (Lipinski definition) is 0. The summed E-state index contributed by atoms with van der Waals surface area (Å²) in [5, 5.41) is 0. The predicted molar refractivity (Wildman–Crippen MR) is 0 cm³/mol. The molecule has 0 unspecified atom stereocenters. The van der Waals surface area contributed by atoms with E-state index in [4.69, 9.17) is 0 Å². The topological polar surface area (TPSA) is 0 Å². The van der Waals surface area contributed by atoms with Gasteiger partial charge in [0.25, 0.3) is 0 Å². The third-order valence-electron chi connectivity index (χ3n) is 0. The SMILES string of the molecule is [Cl-].[Cl-].[Cl-].[Cl-].[Cr+4]. The minimum Gasteiger partial charge on any atom is -1.00 e. The summed E-state index contributed by atoms with van der Waals surface area (Å²) in [6.07, 6.45) is 0. The van der Waals surface area contributed by atoms with E-state index in [2.05, 4.69) is 0 Å². The van der Waals surface area contributed by atoms with Crippen LogP contribution in [0, 0.1) is 0 Å². The summed E-state index contributed by atoms with van der Waals surface area (Å²) in [5.41, 5.74) is 0. The van der Waals surface area contributed by atoms with Crippen LogP contribution in [-0.2, 0) is 17.4 Å². The van der Waals surface area contributed by atoms with Gasteiger partial charge in [0, 0.05) is 0 Å². The van der Waals surface area contributed by atoms with E-state index in [1.807, 2.05) is 0 Å². The molecule has 0 radical (unpaired) electrons. The standard InChI is InChI=1S/4ClH.Cr/h4*1H;/q;;;;+4/p-4. The number of rotatable bonds is 0. The Hall–Kier alpha value is 1.69. The molecule has 0 aliphatic heterocycles. The van der Waals surface area contributed by atoms with Gasteiger partial charge in [0.1, 0.15) is 0 Å². The fraction of sp³-hybridized carbons (Fsp3) is 0. The summed E-state index contributed by atoms with van der Waals surface area (Å²) in [6.45, 7) is 0. The largest absolute Gasteiger partial charge is 4.00 e. The molecule has 0 spiro atoms. The van der Waals surface area contributed by atoms with Crippen molar-refractivity contribution in [3.8, 4) is 0 Å². The zero-order valence-electron chi connectivity index (χ0n) is 1.92. The molecule has 0 N–H and O–H groups in total. The van der Waals surface area contributed by atoms with Gasteiger partial charge >= 0.3 is 17.4 Å². The molecule has 0 fully saturated rings. The van der Waals surface area contributed by atoms with Crippen molar-refractivity contribution in [3.63, 3.8) is 0 Å². The van der Waals surface area contributed by atoms with Gasteiger partial charge in [-0.25, -0.2) is 0 Å². The second-order valence-corrected chi connectivity index (χ2v) is 0. The molecule has 0 aromatic heterocycles. The summed E-state index contributed by atoms with van der Waals surface area (Å²) in [6, 6.07) is 0. The normalized spacial score (nSPS) is 0. The maximum absolute atomic E-state index is 0. The van der Waals surface area contributed by atoms with Gasteiger partial charge in [-0.05, 0) is 0 Å². The van der Waals surface area contributed by atoms with Crippen molar-refractivity contribution in [2.75, 3.05) is 0 Å². The Bertz CT molecular complexity index is 3.61. The minimum atomic E-state index is 0. The van der Waals surface area contributed by atoms with E-state index in [-0.39, 0.29) is 67.0 Å². The Kier molecular flexibility index (Phi) is 663. The molecule has 0 saturated carbocycles. The van der Waals surface area contributed by atoms with E-state index in [0.717, 1.165) is 0 Å². The molecule has 0 heterocycles. The second-order valence-electron chi connectivity index (χ2n) is 0. The van der Waals surface area contributed by atoms with E-state index in [1.165, 1.54) is 0 Å². The molecule has 0 aliphatic rings. The molecule has 0 aromatic rings. The molecule has 0 aromatic carbocycles. The first-order valence-corrected chi connectivity index (χ1v) is 0. The Labute approximate surface area is 66.9 Å². The molecule has 5 heavy (non-hydrogen) atoms. The first-order chi connectivity index (χ1) is 0. The molecule has 0 saturated heterocycles. The van der Waals surface area contributed by atoms with Gasteiger partial charge in [-0.1, -0.05) is 0 Å². The first-order valence-electron chi connectivity index (χ1n) is 0. The molecular formula is Cl4Cr. The van der Waals surface area contributed by atoms with Gasteiger partial charge in [0.05, 0.1) is 0 Å². The van der Waals surface area contributed by atoms with E-state index < -0.39 is 0 Å². The molecule has 34 valence electrons. The Morgan fingerprint density at radius 2 is 0.400 bits per heavy atom. The summed E-state index contributed by atoms with van der Waals surface area (Å²) in [5.74, 6) is 0. The Balaban J connectivity index is 0. The maximum atomic E-state index is 0. The zero-order chi connectivity index (χ0) is 0. The van der Waals surface area contributed by atoms with Gasteiger partial charge in [-0.15, -0.1) is 0 Å². The van der Waals surface area contributed by atoms with E-state index in [9.17, 15) is 0 Å². The molecular weight excluding hydrogens is 194 g/mol. The number of hydrogen-bond donors (Lipinski definition) is 0. The van der Waals surface area contributed by atoms with Crippen LogP contribution in [0.1, 0.15) is 0 Å². The van der Waals surface area contributed by atoms with Gasteiger partial charge < -0.3 is 49.6 Å². The van der Waals surface area contributed by atoms with Crippen LogP contribution in [-0.4, -0.2) is 0 Å². The third kappa shape index (κ3) is 27.1. The van der Waals surface area contributed by atoms with Crippen molar-refractivity contribution in [1.29, 1.82) is 0 Å². The zero-order valence-corrected chi connectivity index (χ0v) is 6.22. The van der Waals surface area contributed by atoms with Gasteiger partial charge in [0.2, 0.25) is 0 Å². The van der Waals surface area contributed by atoms with Gasteiger partial charge in [-0.3, -0.25) is 0 Å². The Morgan fingerprint density at radius 1 is 0.400 bits per heavy atom. The average molecular weight is 194 g/mol. The minimum absolute atomic E-state index is 0. The van der Waals surface area contributed by atoms with Crippen LogP contribution in [0.2, 0.25) is 0 Å². The fourth-order valence-electron chi connectivity index (χ4n) is 0. The van der Waals surface area contributed by atoms with Crippen LogP contribution in [0.15, 0.2) is 0 Å². The molecule has 0 atom stereocenters. The van der Waals surface area contributed by atoms with Crippen molar-refractivity contribution in [2.24, 2.45) is 0 Å². The van der Waals surface area contributed by atoms with Crippen LogP contribution in [0.3, 0.4) is 0 Å². The first kappa shape index (κ1) is 75.7. The molecule has 0 amide bonds. The quantitative estimate of drug-likeness (QED) is 0.359. The van der Waals surface area contributed by atoms with Crippen molar-refractivity contribution in [2.45, 2.75) is 0 Å². The van der Waals surface area contributed by atoms with Gasteiger partial charge in [0.15, 0.2) is 0 Å². The predicted octanol–water partition coefficient (Wildman–Crippen LogP) is -12.0. The summed E-state index contributed by atoms with van der Waals surface area (Å²) >= 11 is 0. The average Bonchev–Trinajstić information content (AvgIpc) is 0. The molecule has 0 aliphatic carbocycles. The van der Waals surface area contributed by atoms with Gasteiger partial charge in [-0.2, -0.15) is 0 Å². The third-order valence-corrected chi connectivity index (χ3v) is 0. The van der Waals surface area contributed by atoms with Crippen molar-refractivity contribution >= 4 is 0 Å². The molecule has 0 nitrogen and oxygen atoms in total. The van der Waals surface area contributed by atoms with Crippen molar-refractivity contribution in [3.05, 3.63) is 0 Å². The monoisotopic (exact) mass is 192 g/mol. The number of halogens is 4. The van der Waals surface area contributed by atoms with Crippen molar-refractivity contribution in [1.82, 2.24) is 0 Å². The molecule has 0 rings (SSSR count). The maximum Gasteiger partial charge on any atom is 4.00 e. The summed E-state index contributed by atoms with van der Waals surface area (Å²) < 4.78 is 0. The van der Waals surface area contributed by atoms with Crippen LogP contribution < -0.4 is 49.6 Å². The molecule has 0 bridgehead atoms. The van der Waals surface area contributed by atoms with Crippen LogP contribution in [0.25, 0.3) is 0 Å². The fourth-order valence-corrected chi connectivity index (χ4v) is 0. The molecule has 5 heteroatoms. The van der Waals surface area contributed by atoms with Crippen LogP contribution in [0.5, 0.6) is 0 Å². The Morgan fingerprint density at radius 3 is 0.400 bits per heavy atom. The van der Waals surface area contributed by atoms with E-state index >= 15 is 0 Å².